The molecule has 0 atom stereocenters. The Morgan fingerprint density at radius 1 is 1.26 bits per heavy atom. The largest absolute Gasteiger partial charge is 0.358 e. The zero-order valence-electron chi connectivity index (χ0n) is 11.0. The monoisotopic (exact) mass is 254 g/mol. The van der Waals surface area contributed by atoms with Crippen molar-refractivity contribution in [2.24, 2.45) is 0 Å². The third-order valence-corrected chi connectivity index (χ3v) is 2.39. The van der Waals surface area contributed by atoms with Gasteiger partial charge in [0.15, 0.2) is 0 Å². The van der Waals surface area contributed by atoms with Crippen molar-refractivity contribution in [3.63, 3.8) is 0 Å². The van der Waals surface area contributed by atoms with Gasteiger partial charge in [0.2, 0.25) is 5.91 Å². The Labute approximate surface area is 112 Å². The molecule has 0 bridgehead atoms. The fraction of sp³-hybridized carbons (Fsp3) is 0.214. The molecule has 0 aliphatic rings. The molecule has 96 valence electrons. The summed E-state index contributed by atoms with van der Waals surface area (Å²) < 4.78 is 0. The van der Waals surface area contributed by atoms with Crippen LogP contribution < -0.4 is 10.6 Å². The summed E-state index contributed by atoms with van der Waals surface area (Å²) in [7, 11) is 0. The smallest absolute Gasteiger partial charge is 0.221 e. The fourth-order valence-electron chi connectivity index (χ4n) is 1.66. The molecule has 5 heteroatoms. The highest BCUT2D eigenvalue weighted by atomic mass is 16.1. The molecule has 0 saturated heterocycles. The van der Waals surface area contributed by atoms with Gasteiger partial charge in [0.1, 0.15) is 17.7 Å². The predicted molar refractivity (Wildman–Crippen MR) is 73.2 cm³/mol. The Hall–Kier alpha value is -2.79. The highest BCUT2D eigenvalue weighted by Crippen LogP contribution is 2.27. The summed E-state index contributed by atoms with van der Waals surface area (Å²) in [5.41, 5.74) is 3.17. The zero-order chi connectivity index (χ0) is 14.4. The second kappa shape index (κ2) is 6.23. The van der Waals surface area contributed by atoms with Gasteiger partial charge in [-0.3, -0.25) is 4.79 Å². The number of carbonyl (C=O) groups is 1. The second-order valence-corrected chi connectivity index (χ2v) is 4.11. The maximum absolute atomic E-state index is 11.2. The lowest BCUT2D eigenvalue weighted by Crippen LogP contribution is -2.09. The maximum atomic E-state index is 11.2. The molecule has 2 N–H and O–H groups in total. The summed E-state index contributed by atoms with van der Waals surface area (Å²) in [6.45, 7) is 5.23. The van der Waals surface area contributed by atoms with Crippen molar-refractivity contribution >= 4 is 17.3 Å². The molecule has 1 aromatic rings. The molecule has 1 aromatic carbocycles. The van der Waals surface area contributed by atoms with Gasteiger partial charge in [0.25, 0.3) is 0 Å². The van der Waals surface area contributed by atoms with Crippen LogP contribution in [-0.2, 0) is 4.79 Å². The second-order valence-electron chi connectivity index (χ2n) is 4.11. The van der Waals surface area contributed by atoms with Crippen LogP contribution in [0.25, 0.3) is 0 Å². The molecule has 5 nitrogen and oxygen atoms in total. The Morgan fingerprint density at radius 2 is 1.89 bits per heavy atom. The van der Waals surface area contributed by atoms with E-state index in [0.717, 1.165) is 11.1 Å². The van der Waals surface area contributed by atoms with Gasteiger partial charge < -0.3 is 10.6 Å². The van der Waals surface area contributed by atoms with Crippen LogP contribution in [0.2, 0.25) is 0 Å². The molecule has 0 radical (unpaired) electrons. The van der Waals surface area contributed by atoms with Gasteiger partial charge in [-0.15, -0.1) is 0 Å². The average molecular weight is 254 g/mol. The lowest BCUT2D eigenvalue weighted by molar-refractivity contribution is -0.114. The van der Waals surface area contributed by atoms with Crippen LogP contribution in [-0.4, -0.2) is 5.91 Å². The average Bonchev–Trinajstić information content (AvgIpc) is 2.34. The number of nitriles is 2. The van der Waals surface area contributed by atoms with Crippen LogP contribution in [0.1, 0.15) is 18.1 Å². The number of carbonyl (C=O) groups excluding carboxylic acids is 1. The van der Waals surface area contributed by atoms with Crippen molar-refractivity contribution in [1.29, 1.82) is 10.5 Å². The van der Waals surface area contributed by atoms with Crippen molar-refractivity contribution in [3.8, 4) is 12.1 Å². The Bertz CT molecular complexity index is 602. The van der Waals surface area contributed by atoms with Crippen LogP contribution >= 0.6 is 0 Å². The zero-order valence-corrected chi connectivity index (χ0v) is 11.0. The first kappa shape index (κ1) is 14.3. The molecular formula is C14H14N4O. The molecule has 0 aromatic heterocycles. The number of aryl methyl sites for hydroxylation is 2. The number of nitrogens with one attached hydrogen (secondary N) is 2. The number of amides is 1. The lowest BCUT2D eigenvalue weighted by Gasteiger charge is -2.14. The molecule has 0 unspecified atom stereocenters. The molecule has 0 aliphatic heterocycles. The minimum atomic E-state index is -0.181. The molecule has 0 aliphatic carbocycles. The first-order valence-electron chi connectivity index (χ1n) is 5.63. The molecule has 0 spiro atoms. The normalized spacial score (nSPS) is 8.89. The number of anilines is 2. The van der Waals surface area contributed by atoms with E-state index in [4.69, 9.17) is 10.5 Å². The van der Waals surface area contributed by atoms with Gasteiger partial charge >= 0.3 is 0 Å². The molecule has 0 saturated carbocycles. The van der Waals surface area contributed by atoms with E-state index in [1.807, 2.05) is 26.0 Å². The highest BCUT2D eigenvalue weighted by Gasteiger charge is 2.08. The van der Waals surface area contributed by atoms with Crippen molar-refractivity contribution in [1.82, 2.24) is 0 Å². The lowest BCUT2D eigenvalue weighted by atomic mass is 10.1. The number of allylic oxidation sites excluding steroid dienone is 1. The van der Waals surface area contributed by atoms with Crippen molar-refractivity contribution < 1.29 is 4.79 Å². The van der Waals surface area contributed by atoms with Crippen LogP contribution in [0.3, 0.4) is 0 Å². The minimum absolute atomic E-state index is 0.0343. The molecule has 1 amide bonds. The Morgan fingerprint density at radius 3 is 2.42 bits per heavy atom. The minimum Gasteiger partial charge on any atom is -0.358 e. The molecule has 19 heavy (non-hydrogen) atoms. The highest BCUT2D eigenvalue weighted by molar-refractivity contribution is 5.94. The van der Waals surface area contributed by atoms with E-state index < -0.39 is 0 Å². The number of benzene rings is 1. The van der Waals surface area contributed by atoms with Crippen LogP contribution in [0.4, 0.5) is 11.4 Å². The third-order valence-electron chi connectivity index (χ3n) is 2.39. The summed E-state index contributed by atoms with van der Waals surface area (Å²) in [6.07, 6.45) is 1.32. The van der Waals surface area contributed by atoms with Gasteiger partial charge in [0.05, 0.1) is 11.4 Å². The molecule has 1 rings (SSSR count). The topological polar surface area (TPSA) is 88.7 Å². The van der Waals surface area contributed by atoms with Crippen LogP contribution in [0, 0.1) is 36.5 Å². The number of rotatable bonds is 3. The molecule has 0 heterocycles. The van der Waals surface area contributed by atoms with E-state index in [1.54, 1.807) is 12.1 Å². The number of nitrogens with zero attached hydrogens (tertiary/aromatic N) is 2. The van der Waals surface area contributed by atoms with E-state index in [2.05, 4.69) is 10.6 Å². The molecular weight excluding hydrogens is 240 g/mol. The Balaban J connectivity index is 3.19. The summed E-state index contributed by atoms with van der Waals surface area (Å²) in [6, 6.07) is 7.30. The van der Waals surface area contributed by atoms with Gasteiger partial charge in [-0.05, 0) is 31.0 Å². The number of hydrogen-bond acceptors (Lipinski definition) is 4. The van der Waals surface area contributed by atoms with E-state index in [9.17, 15) is 4.79 Å². The standard InChI is InChI=1S/C14H14N4O/c1-9-4-10(2)14(18-11(3)19)13(5-9)17-8-12(6-15)7-16/h4-5,8,17H,1-3H3,(H,18,19). The van der Waals surface area contributed by atoms with Gasteiger partial charge in [0, 0.05) is 13.1 Å². The van der Waals surface area contributed by atoms with Crippen LogP contribution in [0.5, 0.6) is 0 Å². The van der Waals surface area contributed by atoms with E-state index in [0.29, 0.717) is 11.4 Å². The van der Waals surface area contributed by atoms with Gasteiger partial charge in [-0.1, -0.05) is 6.07 Å². The van der Waals surface area contributed by atoms with Crippen LogP contribution in [0.15, 0.2) is 23.9 Å². The summed E-state index contributed by atoms with van der Waals surface area (Å²) in [4.78, 5) is 11.2. The fourth-order valence-corrected chi connectivity index (χ4v) is 1.66. The maximum Gasteiger partial charge on any atom is 0.221 e. The Kier molecular flexibility index (Phi) is 4.68. The molecule has 0 fully saturated rings. The first-order chi connectivity index (χ1) is 8.97. The predicted octanol–water partition coefficient (Wildman–Crippen LogP) is 2.60. The quantitative estimate of drug-likeness (QED) is 0.811. The van der Waals surface area contributed by atoms with E-state index in [1.165, 1.54) is 13.1 Å². The van der Waals surface area contributed by atoms with Crippen molar-refractivity contribution in [3.05, 3.63) is 35.0 Å². The van der Waals surface area contributed by atoms with Crippen molar-refractivity contribution in [2.45, 2.75) is 20.8 Å². The van der Waals surface area contributed by atoms with E-state index >= 15 is 0 Å². The summed E-state index contributed by atoms with van der Waals surface area (Å²) in [5.74, 6) is -0.181. The van der Waals surface area contributed by atoms with Gasteiger partial charge in [-0.2, -0.15) is 10.5 Å². The van der Waals surface area contributed by atoms with Crippen molar-refractivity contribution in [2.75, 3.05) is 10.6 Å². The first-order valence-corrected chi connectivity index (χ1v) is 5.63. The van der Waals surface area contributed by atoms with E-state index in [-0.39, 0.29) is 11.5 Å². The third kappa shape index (κ3) is 3.86. The SMILES string of the molecule is CC(=O)Nc1c(C)cc(C)cc1NC=C(C#N)C#N. The summed E-state index contributed by atoms with van der Waals surface area (Å²) >= 11 is 0. The van der Waals surface area contributed by atoms with Gasteiger partial charge in [-0.25, -0.2) is 0 Å². The summed E-state index contributed by atoms with van der Waals surface area (Å²) in [5, 5.41) is 23.0. The number of hydrogen-bond donors (Lipinski definition) is 2.